The summed E-state index contributed by atoms with van der Waals surface area (Å²) in [7, 11) is 2.03. The number of hydrogen-bond acceptors (Lipinski definition) is 2. The van der Waals surface area contributed by atoms with Crippen molar-refractivity contribution in [2.75, 3.05) is 13.6 Å². The molecule has 0 aromatic heterocycles. The zero-order valence-electron chi connectivity index (χ0n) is 14.4. The molecule has 0 radical (unpaired) electrons. The summed E-state index contributed by atoms with van der Waals surface area (Å²) in [5, 5.41) is 0.697. The molecule has 0 aliphatic heterocycles. The Morgan fingerprint density at radius 3 is 2.62 bits per heavy atom. The van der Waals surface area contributed by atoms with Gasteiger partial charge in [0.25, 0.3) is 0 Å². The lowest BCUT2D eigenvalue weighted by atomic mass is 10.1. The van der Waals surface area contributed by atoms with Crippen LogP contribution in [-0.4, -0.2) is 24.8 Å². The Morgan fingerprint density at radius 2 is 1.96 bits per heavy atom. The quantitative estimate of drug-likeness (QED) is 0.287. The van der Waals surface area contributed by atoms with Crippen molar-refractivity contribution >= 4 is 46.2 Å². The van der Waals surface area contributed by atoms with Crippen LogP contribution in [0.1, 0.15) is 24.5 Å². The Morgan fingerprint density at radius 1 is 1.21 bits per heavy atom. The molecule has 0 heterocycles. The Hall–Kier alpha value is -1.27. The molecule has 2 rings (SSSR count). The Labute approximate surface area is 162 Å². The van der Waals surface area contributed by atoms with E-state index in [4.69, 9.17) is 16.3 Å². The summed E-state index contributed by atoms with van der Waals surface area (Å²) in [6, 6.07) is 9.78. The molecule has 0 aliphatic rings. The molecule has 2 aromatic carbocycles. The summed E-state index contributed by atoms with van der Waals surface area (Å²) in [5.74, 6) is 1.56. The third-order valence-electron chi connectivity index (χ3n) is 3.58. The highest BCUT2D eigenvalue weighted by Gasteiger charge is 2.08. The molecule has 0 saturated heterocycles. The van der Waals surface area contributed by atoms with Crippen LogP contribution in [0.25, 0.3) is 0 Å². The Kier molecular flexibility index (Phi) is 6.92. The molecule has 24 heavy (non-hydrogen) atoms. The first kappa shape index (κ1) is 19.1. The number of aliphatic imine (C=N–C) groups is 1. The molecular weight excluding hydrogens is 435 g/mol. The summed E-state index contributed by atoms with van der Waals surface area (Å²) in [5.41, 5.74) is 3.08. The fourth-order valence-corrected chi connectivity index (χ4v) is 2.77. The van der Waals surface area contributed by atoms with Crippen LogP contribution in [0.3, 0.4) is 0 Å². The van der Waals surface area contributed by atoms with Gasteiger partial charge in [0.1, 0.15) is 11.5 Å². The molecule has 0 fully saturated rings. The van der Waals surface area contributed by atoms with Crippen molar-refractivity contribution in [3.05, 3.63) is 50.1 Å². The summed E-state index contributed by atoms with van der Waals surface area (Å²) >= 11 is 8.36. The number of ether oxygens (including phenoxy) is 1. The van der Waals surface area contributed by atoms with Gasteiger partial charge in [0.15, 0.2) is 0 Å². The molecule has 2 aromatic rings. The lowest BCUT2D eigenvalue weighted by molar-refractivity contribution is 0.478. The van der Waals surface area contributed by atoms with Gasteiger partial charge in [-0.2, -0.15) is 0 Å². The number of halogens is 2. The molecule has 0 unspecified atom stereocenters. The van der Waals surface area contributed by atoms with E-state index in [9.17, 15) is 0 Å². The second kappa shape index (κ2) is 8.72. The third kappa shape index (κ3) is 5.11. The standard InChI is InChI=1S/C19H22ClIN2O/c1-5-8-23(4)12-22-18-9-14(3)19(10-13(18)2)24-15-6-7-17(21)16(20)11-15/h6-7,9-12H,5,8H2,1-4H3/b22-12+. The average Bonchev–Trinajstić information content (AvgIpc) is 2.53. The van der Waals surface area contributed by atoms with Crippen molar-refractivity contribution in [3.63, 3.8) is 0 Å². The molecule has 0 N–H and O–H groups in total. The molecule has 0 saturated carbocycles. The SMILES string of the molecule is CCCN(C)/C=N/c1cc(C)c(Oc2ccc(I)c(Cl)c2)cc1C. The van der Waals surface area contributed by atoms with Gasteiger partial charge in [-0.05, 0) is 78.3 Å². The number of hydrogen-bond donors (Lipinski definition) is 0. The molecule has 128 valence electrons. The van der Waals surface area contributed by atoms with Gasteiger partial charge < -0.3 is 9.64 Å². The summed E-state index contributed by atoms with van der Waals surface area (Å²) < 4.78 is 7.00. The minimum absolute atomic E-state index is 0.697. The van der Waals surface area contributed by atoms with Crippen LogP contribution in [-0.2, 0) is 0 Å². The first-order chi connectivity index (χ1) is 11.4. The maximum absolute atomic E-state index is 6.16. The van der Waals surface area contributed by atoms with Crippen LogP contribution in [0.5, 0.6) is 11.5 Å². The Bertz CT molecular complexity index is 746. The van der Waals surface area contributed by atoms with E-state index in [2.05, 4.69) is 45.5 Å². The number of nitrogens with zero attached hydrogens (tertiary/aromatic N) is 2. The second-order valence-electron chi connectivity index (χ2n) is 5.81. The third-order valence-corrected chi connectivity index (χ3v) is 5.15. The van der Waals surface area contributed by atoms with Crippen molar-refractivity contribution in [2.45, 2.75) is 27.2 Å². The van der Waals surface area contributed by atoms with Crippen molar-refractivity contribution < 1.29 is 4.74 Å². The zero-order chi connectivity index (χ0) is 17.7. The van der Waals surface area contributed by atoms with Gasteiger partial charge in [-0.15, -0.1) is 0 Å². The highest BCUT2D eigenvalue weighted by molar-refractivity contribution is 14.1. The van der Waals surface area contributed by atoms with E-state index in [-0.39, 0.29) is 0 Å². The van der Waals surface area contributed by atoms with Crippen LogP contribution < -0.4 is 4.74 Å². The summed E-state index contributed by atoms with van der Waals surface area (Å²) in [6.45, 7) is 7.22. The summed E-state index contributed by atoms with van der Waals surface area (Å²) in [4.78, 5) is 6.67. The van der Waals surface area contributed by atoms with Gasteiger partial charge in [-0.25, -0.2) is 4.99 Å². The predicted octanol–water partition coefficient (Wildman–Crippen LogP) is 6.36. The predicted molar refractivity (Wildman–Crippen MR) is 111 cm³/mol. The minimum Gasteiger partial charge on any atom is -0.457 e. The fourth-order valence-electron chi connectivity index (χ4n) is 2.26. The maximum atomic E-state index is 6.16. The largest absolute Gasteiger partial charge is 0.457 e. The minimum atomic E-state index is 0.697. The number of benzene rings is 2. The van der Waals surface area contributed by atoms with E-state index in [0.717, 1.165) is 44.8 Å². The van der Waals surface area contributed by atoms with Gasteiger partial charge >= 0.3 is 0 Å². The van der Waals surface area contributed by atoms with E-state index in [1.54, 1.807) is 0 Å². The van der Waals surface area contributed by atoms with Crippen molar-refractivity contribution in [3.8, 4) is 11.5 Å². The average molecular weight is 457 g/mol. The summed E-state index contributed by atoms with van der Waals surface area (Å²) in [6.07, 6.45) is 2.98. The van der Waals surface area contributed by atoms with Gasteiger partial charge in [0.05, 0.1) is 17.0 Å². The van der Waals surface area contributed by atoms with E-state index < -0.39 is 0 Å². The lowest BCUT2D eigenvalue weighted by Gasteiger charge is -2.13. The van der Waals surface area contributed by atoms with Crippen molar-refractivity contribution in [1.29, 1.82) is 0 Å². The van der Waals surface area contributed by atoms with E-state index >= 15 is 0 Å². The maximum Gasteiger partial charge on any atom is 0.130 e. The zero-order valence-corrected chi connectivity index (χ0v) is 17.4. The van der Waals surface area contributed by atoms with Crippen molar-refractivity contribution in [2.24, 2.45) is 4.99 Å². The lowest BCUT2D eigenvalue weighted by Crippen LogP contribution is -2.16. The monoisotopic (exact) mass is 456 g/mol. The van der Waals surface area contributed by atoms with E-state index in [1.165, 1.54) is 0 Å². The molecule has 0 atom stereocenters. The highest BCUT2D eigenvalue weighted by atomic mass is 127. The van der Waals surface area contributed by atoms with E-state index in [1.807, 2.05) is 51.5 Å². The highest BCUT2D eigenvalue weighted by Crippen LogP contribution is 2.33. The van der Waals surface area contributed by atoms with Crippen LogP contribution in [0.15, 0.2) is 35.3 Å². The number of aryl methyl sites for hydroxylation is 2. The number of rotatable bonds is 6. The smallest absolute Gasteiger partial charge is 0.130 e. The van der Waals surface area contributed by atoms with Gasteiger partial charge in [0.2, 0.25) is 0 Å². The molecular formula is C19H22ClIN2O. The molecule has 0 bridgehead atoms. The molecule has 0 amide bonds. The Balaban J connectivity index is 2.21. The van der Waals surface area contributed by atoms with Crippen LogP contribution in [0.2, 0.25) is 5.02 Å². The first-order valence-electron chi connectivity index (χ1n) is 7.89. The van der Waals surface area contributed by atoms with Gasteiger partial charge in [-0.3, -0.25) is 0 Å². The molecule has 3 nitrogen and oxygen atoms in total. The topological polar surface area (TPSA) is 24.8 Å². The van der Waals surface area contributed by atoms with E-state index in [0.29, 0.717) is 5.02 Å². The second-order valence-corrected chi connectivity index (χ2v) is 7.38. The normalized spacial score (nSPS) is 11.1. The van der Waals surface area contributed by atoms with Crippen LogP contribution in [0, 0.1) is 17.4 Å². The van der Waals surface area contributed by atoms with Gasteiger partial charge in [-0.1, -0.05) is 18.5 Å². The fraction of sp³-hybridized carbons (Fsp3) is 0.316. The van der Waals surface area contributed by atoms with Crippen molar-refractivity contribution in [1.82, 2.24) is 4.90 Å². The molecule has 0 spiro atoms. The van der Waals surface area contributed by atoms with Crippen LogP contribution >= 0.6 is 34.2 Å². The van der Waals surface area contributed by atoms with Crippen LogP contribution in [0.4, 0.5) is 5.69 Å². The molecule has 0 aliphatic carbocycles. The first-order valence-corrected chi connectivity index (χ1v) is 9.35. The van der Waals surface area contributed by atoms with Gasteiger partial charge in [0, 0.05) is 23.2 Å². The molecule has 5 heteroatoms.